The van der Waals surface area contributed by atoms with Crippen LogP contribution < -0.4 is 5.73 Å². The lowest BCUT2D eigenvalue weighted by Gasteiger charge is -2.03. The van der Waals surface area contributed by atoms with Crippen LogP contribution in [-0.2, 0) is 9.05 Å². The molecule has 7 nitrogen and oxygen atoms in total. The molecule has 0 spiro atoms. The van der Waals surface area contributed by atoms with Gasteiger partial charge in [0.1, 0.15) is 4.90 Å². The summed E-state index contributed by atoms with van der Waals surface area (Å²) in [5.74, 6) is -2.86. The maximum absolute atomic E-state index is 13.5. The maximum Gasteiger partial charge on any atom is 0.271 e. The summed E-state index contributed by atoms with van der Waals surface area (Å²) >= 11 is 0. The molecular weight excluding hydrogens is 279 g/mol. The molecule has 0 unspecified atom stereocenters. The van der Waals surface area contributed by atoms with Crippen LogP contribution in [-0.4, -0.2) is 19.2 Å². The number of hydrogen-bond acceptors (Lipinski definition) is 5. The number of nitro benzene ring substituents is 1. The van der Waals surface area contributed by atoms with Gasteiger partial charge in [-0.05, 0) is 0 Å². The average Bonchev–Trinajstić information content (AvgIpc) is 2.15. The third-order valence-corrected chi connectivity index (χ3v) is 3.08. The van der Waals surface area contributed by atoms with E-state index in [-0.39, 0.29) is 0 Å². The first-order valence-corrected chi connectivity index (χ1v) is 6.18. The fourth-order valence-electron chi connectivity index (χ4n) is 1.05. The van der Waals surface area contributed by atoms with Gasteiger partial charge in [-0.2, -0.15) is 0 Å². The monoisotopic (exact) mass is 282 g/mol. The van der Waals surface area contributed by atoms with Gasteiger partial charge in [-0.25, -0.2) is 12.8 Å². The molecule has 10 heteroatoms. The molecule has 0 radical (unpaired) electrons. The van der Waals surface area contributed by atoms with Crippen molar-refractivity contribution in [2.24, 2.45) is 5.73 Å². The summed E-state index contributed by atoms with van der Waals surface area (Å²) in [7, 11) is 0.314. The van der Waals surface area contributed by atoms with Crippen LogP contribution in [0.3, 0.4) is 0 Å². The number of halogens is 2. The van der Waals surface area contributed by atoms with Crippen molar-refractivity contribution in [1.82, 2.24) is 0 Å². The van der Waals surface area contributed by atoms with Crippen molar-refractivity contribution in [1.29, 1.82) is 0 Å². The minimum atomic E-state index is -4.56. The van der Waals surface area contributed by atoms with Gasteiger partial charge in [0, 0.05) is 22.8 Å². The molecule has 1 aromatic carbocycles. The molecule has 1 aromatic rings. The topological polar surface area (TPSA) is 120 Å². The number of primary amides is 1. The van der Waals surface area contributed by atoms with E-state index in [1.165, 1.54) is 0 Å². The number of nitrogens with two attached hydrogens (primary N) is 1. The fraction of sp³-hybridized carbons (Fsp3) is 0. The lowest BCUT2D eigenvalue weighted by molar-refractivity contribution is -0.385. The second-order valence-electron chi connectivity index (χ2n) is 2.86. The average molecular weight is 283 g/mol. The quantitative estimate of drug-likeness (QED) is 0.498. The zero-order valence-corrected chi connectivity index (χ0v) is 9.46. The van der Waals surface area contributed by atoms with E-state index in [1.807, 2.05) is 0 Å². The summed E-state index contributed by atoms with van der Waals surface area (Å²) in [4.78, 5) is 19.1. The molecule has 92 valence electrons. The Morgan fingerprint density at radius 1 is 1.47 bits per heavy atom. The number of non-ortho nitro benzene ring substituents is 1. The number of amides is 1. The van der Waals surface area contributed by atoms with Crippen LogP contribution in [0.1, 0.15) is 10.4 Å². The molecule has 1 amide bonds. The van der Waals surface area contributed by atoms with E-state index >= 15 is 0 Å². The number of rotatable bonds is 3. The molecule has 0 heterocycles. The van der Waals surface area contributed by atoms with E-state index in [1.54, 1.807) is 0 Å². The molecule has 0 aromatic heterocycles. The van der Waals surface area contributed by atoms with Crippen molar-refractivity contribution in [2.45, 2.75) is 4.90 Å². The third-order valence-electron chi connectivity index (χ3n) is 1.76. The summed E-state index contributed by atoms with van der Waals surface area (Å²) in [5.41, 5.74) is 3.03. The lowest BCUT2D eigenvalue weighted by atomic mass is 10.2. The zero-order chi connectivity index (χ0) is 13.4. The van der Waals surface area contributed by atoms with Crippen molar-refractivity contribution in [3.8, 4) is 0 Å². The van der Waals surface area contributed by atoms with Gasteiger partial charge in [-0.1, -0.05) is 0 Å². The highest BCUT2D eigenvalue weighted by molar-refractivity contribution is 8.13. The number of nitro groups is 1. The Hall–Kier alpha value is -1.74. The Kier molecular flexibility index (Phi) is 3.34. The largest absolute Gasteiger partial charge is 0.366 e. The van der Waals surface area contributed by atoms with Gasteiger partial charge in [0.05, 0.1) is 10.5 Å². The molecule has 0 saturated heterocycles. The predicted octanol–water partition coefficient (Wildman–Crippen LogP) is 0.760. The second kappa shape index (κ2) is 4.26. The molecule has 0 aliphatic carbocycles. The molecule has 0 saturated carbocycles. The summed E-state index contributed by atoms with van der Waals surface area (Å²) in [5, 5.41) is 10.5. The summed E-state index contributed by atoms with van der Waals surface area (Å²) in [6.07, 6.45) is 0. The minimum Gasteiger partial charge on any atom is -0.366 e. The first-order chi connectivity index (χ1) is 7.64. The zero-order valence-electron chi connectivity index (χ0n) is 7.88. The van der Waals surface area contributed by atoms with Crippen molar-refractivity contribution in [3.63, 3.8) is 0 Å². The van der Waals surface area contributed by atoms with Crippen LogP contribution in [0, 0.1) is 15.9 Å². The molecule has 0 fully saturated rings. The second-order valence-corrected chi connectivity index (χ2v) is 5.40. The van der Waals surface area contributed by atoms with E-state index in [0.29, 0.717) is 12.1 Å². The standard InChI is InChI=1S/C7H4ClFN2O5S/c8-17(15,16)5-2-3(11(13)14)1-4(6(5)9)7(10)12/h1-2H,(H2,10,12). The van der Waals surface area contributed by atoms with E-state index in [2.05, 4.69) is 0 Å². The summed E-state index contributed by atoms with van der Waals surface area (Å²) in [6, 6.07) is 0.938. The van der Waals surface area contributed by atoms with E-state index in [0.717, 1.165) is 0 Å². The highest BCUT2D eigenvalue weighted by Gasteiger charge is 2.26. The molecule has 1 rings (SSSR count). The lowest BCUT2D eigenvalue weighted by Crippen LogP contribution is -2.15. The Morgan fingerprint density at radius 3 is 2.35 bits per heavy atom. The highest BCUT2D eigenvalue weighted by atomic mass is 35.7. The normalized spacial score (nSPS) is 11.2. The van der Waals surface area contributed by atoms with Crippen LogP contribution >= 0.6 is 10.7 Å². The molecule has 2 N–H and O–H groups in total. The van der Waals surface area contributed by atoms with Crippen LogP contribution in [0.15, 0.2) is 17.0 Å². The number of carbonyl (C=O) groups is 1. The van der Waals surface area contributed by atoms with Crippen molar-refractivity contribution >= 4 is 31.3 Å². The highest BCUT2D eigenvalue weighted by Crippen LogP contribution is 2.27. The van der Waals surface area contributed by atoms with E-state index in [4.69, 9.17) is 16.4 Å². The third kappa shape index (κ3) is 2.68. The van der Waals surface area contributed by atoms with E-state index < -0.39 is 41.8 Å². The van der Waals surface area contributed by atoms with Crippen LogP contribution in [0.4, 0.5) is 10.1 Å². The van der Waals surface area contributed by atoms with Gasteiger partial charge < -0.3 is 5.73 Å². The minimum absolute atomic E-state index is 0.407. The number of benzene rings is 1. The smallest absolute Gasteiger partial charge is 0.271 e. The van der Waals surface area contributed by atoms with Gasteiger partial charge in [-0.3, -0.25) is 14.9 Å². The first kappa shape index (κ1) is 13.3. The molecule has 0 bridgehead atoms. The van der Waals surface area contributed by atoms with Crippen molar-refractivity contribution in [2.75, 3.05) is 0 Å². The Balaban J connectivity index is 3.73. The van der Waals surface area contributed by atoms with Gasteiger partial charge >= 0.3 is 0 Å². The molecule has 0 aliphatic rings. The number of hydrogen-bond donors (Lipinski definition) is 1. The Labute approximate surface area is 98.5 Å². The summed E-state index contributed by atoms with van der Waals surface area (Å²) in [6.45, 7) is 0. The first-order valence-electron chi connectivity index (χ1n) is 3.87. The maximum atomic E-state index is 13.5. The van der Waals surface area contributed by atoms with Crippen LogP contribution in [0.5, 0.6) is 0 Å². The number of carbonyl (C=O) groups excluding carboxylic acids is 1. The molecular formula is C7H4ClFN2O5S. The van der Waals surface area contributed by atoms with Gasteiger partial charge in [0.15, 0.2) is 5.82 Å². The van der Waals surface area contributed by atoms with E-state index in [9.17, 15) is 27.7 Å². The van der Waals surface area contributed by atoms with Crippen LogP contribution in [0.2, 0.25) is 0 Å². The Morgan fingerprint density at radius 2 is 2.00 bits per heavy atom. The predicted molar refractivity (Wildman–Crippen MR) is 54.6 cm³/mol. The van der Waals surface area contributed by atoms with Crippen molar-refractivity contribution < 1.29 is 22.5 Å². The molecule has 0 aliphatic heterocycles. The van der Waals surface area contributed by atoms with Gasteiger partial charge in [0.25, 0.3) is 20.6 Å². The molecule has 17 heavy (non-hydrogen) atoms. The Bertz CT molecular complexity index is 615. The molecule has 0 atom stereocenters. The summed E-state index contributed by atoms with van der Waals surface area (Å²) < 4.78 is 35.4. The SMILES string of the molecule is NC(=O)c1cc([N+](=O)[O-])cc(S(=O)(=O)Cl)c1F. The van der Waals surface area contributed by atoms with Crippen LogP contribution in [0.25, 0.3) is 0 Å². The van der Waals surface area contributed by atoms with Gasteiger partial charge in [0.2, 0.25) is 0 Å². The number of nitrogens with zero attached hydrogens (tertiary/aromatic N) is 1. The van der Waals surface area contributed by atoms with Crippen molar-refractivity contribution in [3.05, 3.63) is 33.6 Å². The fourth-order valence-corrected chi connectivity index (χ4v) is 1.97. The van der Waals surface area contributed by atoms with Gasteiger partial charge in [-0.15, -0.1) is 0 Å².